The minimum absolute atomic E-state index is 0.238. The van der Waals surface area contributed by atoms with Gasteiger partial charge in [-0.1, -0.05) is 119 Å². The van der Waals surface area contributed by atoms with Gasteiger partial charge in [-0.2, -0.15) is 0 Å². The lowest BCUT2D eigenvalue weighted by Crippen LogP contribution is -2.61. The van der Waals surface area contributed by atoms with Gasteiger partial charge in [0.05, 0.1) is 16.7 Å². The number of hydrogen-bond donors (Lipinski definition) is 0. The van der Waals surface area contributed by atoms with E-state index in [4.69, 9.17) is 35.3 Å². The summed E-state index contributed by atoms with van der Waals surface area (Å²) in [7, 11) is 0. The number of ether oxygens (including phenoxy) is 5. The summed E-state index contributed by atoms with van der Waals surface area (Å²) in [6.07, 6.45) is 6.79. The Morgan fingerprint density at radius 2 is 1.02 bits per heavy atom. The number of halogens is 1. The molecule has 280 valence electrons. The van der Waals surface area contributed by atoms with Gasteiger partial charge in [-0.05, 0) is 48.6 Å². The third kappa shape index (κ3) is 13.3. The lowest BCUT2D eigenvalue weighted by molar-refractivity contribution is -0.211. The highest BCUT2D eigenvalue weighted by molar-refractivity contribution is 7.99. The molecule has 0 radical (unpaired) electrons. The lowest BCUT2D eigenvalue weighted by Gasteiger charge is -2.44. The summed E-state index contributed by atoms with van der Waals surface area (Å²) in [6, 6.07) is 25.1. The van der Waals surface area contributed by atoms with E-state index in [1.165, 1.54) is 56.7 Å². The molecule has 9 nitrogen and oxygen atoms in total. The first-order valence-electron chi connectivity index (χ1n) is 18.2. The standard InChI is InChI=1S/C41H49ClO9S/c1-2-3-4-5-6-7-8-9-10-20-27-52-41-37(51-40(46)32-25-18-13-19-26-32)36(50-39(45)31-23-16-12-17-24-31)35(33(48-41)29-47-34(43)28-42)49-38(44)30-21-14-11-15-22-30/h11-19,21-26,33,35-37,41H,2-10,20,27-29H2,1H3/t33-,35-,36+,37-,41+/m1/s1. The number of carbonyl (C=O) groups excluding carboxylic acids is 4. The van der Waals surface area contributed by atoms with E-state index >= 15 is 0 Å². The number of esters is 4. The van der Waals surface area contributed by atoms with Crippen LogP contribution < -0.4 is 0 Å². The van der Waals surface area contributed by atoms with Crippen LogP contribution in [0.15, 0.2) is 91.0 Å². The highest BCUT2D eigenvalue weighted by Crippen LogP contribution is 2.36. The topological polar surface area (TPSA) is 114 Å². The maximum atomic E-state index is 13.6. The Bertz CT molecular complexity index is 1510. The average Bonchev–Trinajstić information content (AvgIpc) is 3.18. The Kier molecular flexibility index (Phi) is 18.0. The van der Waals surface area contributed by atoms with Gasteiger partial charge in [-0.3, -0.25) is 4.79 Å². The predicted molar refractivity (Wildman–Crippen MR) is 202 cm³/mol. The summed E-state index contributed by atoms with van der Waals surface area (Å²) >= 11 is 7.14. The van der Waals surface area contributed by atoms with Gasteiger partial charge in [-0.15, -0.1) is 23.4 Å². The summed E-state index contributed by atoms with van der Waals surface area (Å²) in [6.45, 7) is 1.87. The van der Waals surface area contributed by atoms with E-state index in [0.717, 1.165) is 19.3 Å². The van der Waals surface area contributed by atoms with Gasteiger partial charge in [0.1, 0.15) is 24.0 Å². The molecule has 4 rings (SSSR count). The van der Waals surface area contributed by atoms with Crippen molar-refractivity contribution in [3.8, 4) is 0 Å². The molecule has 1 saturated heterocycles. The van der Waals surface area contributed by atoms with Crippen molar-refractivity contribution in [3.05, 3.63) is 108 Å². The fourth-order valence-corrected chi connectivity index (χ4v) is 7.15. The maximum Gasteiger partial charge on any atom is 0.338 e. The molecule has 0 saturated carbocycles. The van der Waals surface area contributed by atoms with Crippen LogP contribution in [0.5, 0.6) is 0 Å². The first-order chi connectivity index (χ1) is 25.4. The van der Waals surface area contributed by atoms with Crippen LogP contribution in [0.3, 0.4) is 0 Å². The summed E-state index contributed by atoms with van der Waals surface area (Å²) in [5, 5.41) is 0. The molecule has 3 aromatic carbocycles. The summed E-state index contributed by atoms with van der Waals surface area (Å²) in [5.41, 5.74) is -0.103. The van der Waals surface area contributed by atoms with Crippen molar-refractivity contribution in [1.29, 1.82) is 0 Å². The molecule has 1 heterocycles. The molecular formula is C41H49ClO9S. The number of hydrogen-bond acceptors (Lipinski definition) is 10. The van der Waals surface area contributed by atoms with E-state index in [1.807, 2.05) is 0 Å². The van der Waals surface area contributed by atoms with Crippen molar-refractivity contribution >= 4 is 47.2 Å². The van der Waals surface area contributed by atoms with Gasteiger partial charge in [0.15, 0.2) is 18.3 Å². The second kappa shape index (κ2) is 22.9. The second-order valence-electron chi connectivity index (χ2n) is 12.6. The maximum absolute atomic E-state index is 13.6. The van der Waals surface area contributed by atoms with E-state index in [9.17, 15) is 19.2 Å². The fraction of sp³-hybridized carbons (Fsp3) is 0.463. The number of unbranched alkanes of at least 4 members (excludes halogenated alkanes) is 9. The zero-order valence-electron chi connectivity index (χ0n) is 29.7. The third-order valence-corrected chi connectivity index (χ3v) is 10.1. The van der Waals surface area contributed by atoms with E-state index in [0.29, 0.717) is 5.75 Å². The minimum atomic E-state index is -1.34. The van der Waals surface area contributed by atoms with Gasteiger partial charge in [0.25, 0.3) is 0 Å². The van der Waals surface area contributed by atoms with Crippen molar-refractivity contribution < 1.29 is 42.9 Å². The Hall–Kier alpha value is -3.86. The van der Waals surface area contributed by atoms with Gasteiger partial charge < -0.3 is 23.7 Å². The number of thioether (sulfide) groups is 1. The summed E-state index contributed by atoms with van der Waals surface area (Å²) < 4.78 is 30.1. The zero-order valence-corrected chi connectivity index (χ0v) is 31.3. The molecule has 11 heteroatoms. The van der Waals surface area contributed by atoms with Crippen molar-refractivity contribution in [2.24, 2.45) is 0 Å². The van der Waals surface area contributed by atoms with E-state index in [2.05, 4.69) is 6.92 Å². The van der Waals surface area contributed by atoms with Crippen LogP contribution in [0.1, 0.15) is 102 Å². The Morgan fingerprint density at radius 3 is 1.48 bits per heavy atom. The van der Waals surface area contributed by atoms with E-state index in [-0.39, 0.29) is 23.3 Å². The van der Waals surface area contributed by atoms with Crippen molar-refractivity contribution in [2.75, 3.05) is 18.2 Å². The molecule has 0 bridgehead atoms. The quantitative estimate of drug-likeness (QED) is 0.0453. The first-order valence-corrected chi connectivity index (χ1v) is 19.8. The largest absolute Gasteiger partial charge is 0.462 e. The van der Waals surface area contributed by atoms with Gasteiger partial charge >= 0.3 is 23.9 Å². The number of alkyl halides is 1. The smallest absolute Gasteiger partial charge is 0.338 e. The van der Waals surface area contributed by atoms with Crippen molar-refractivity contribution in [1.82, 2.24) is 0 Å². The molecule has 0 aromatic heterocycles. The summed E-state index contributed by atoms with van der Waals surface area (Å²) in [5.74, 6) is -2.56. The Labute approximate surface area is 316 Å². The van der Waals surface area contributed by atoms with Crippen LogP contribution in [-0.2, 0) is 28.5 Å². The summed E-state index contributed by atoms with van der Waals surface area (Å²) in [4.78, 5) is 52.9. The van der Waals surface area contributed by atoms with Crippen LogP contribution in [0.2, 0.25) is 0 Å². The molecule has 0 spiro atoms. The van der Waals surface area contributed by atoms with E-state index < -0.39 is 59.6 Å². The van der Waals surface area contributed by atoms with Gasteiger partial charge in [-0.25, -0.2) is 14.4 Å². The van der Waals surface area contributed by atoms with Crippen LogP contribution in [0.25, 0.3) is 0 Å². The average molecular weight is 753 g/mol. The van der Waals surface area contributed by atoms with Crippen LogP contribution in [0, 0.1) is 0 Å². The molecule has 1 fully saturated rings. The minimum Gasteiger partial charge on any atom is -0.462 e. The predicted octanol–water partition coefficient (Wildman–Crippen LogP) is 8.82. The zero-order chi connectivity index (χ0) is 37.0. The third-order valence-electron chi connectivity index (χ3n) is 8.65. The highest BCUT2D eigenvalue weighted by atomic mass is 35.5. The normalized spacial score (nSPS) is 19.7. The van der Waals surface area contributed by atoms with Gasteiger partial charge in [0.2, 0.25) is 0 Å². The van der Waals surface area contributed by atoms with Crippen LogP contribution in [-0.4, -0.2) is 72.0 Å². The molecule has 52 heavy (non-hydrogen) atoms. The molecule has 0 N–H and O–H groups in total. The first kappa shape index (κ1) is 40.9. The molecule has 0 aliphatic carbocycles. The Balaban J connectivity index is 1.60. The SMILES string of the molecule is CCCCCCCCCCCCS[C@@H]1O[C@H](COC(=O)CCl)[C@@H](OC(=O)c2ccccc2)[C@H](OC(=O)c2ccccc2)[C@H]1OC(=O)c1ccccc1. The van der Waals surface area contributed by atoms with Gasteiger partial charge in [0, 0.05) is 0 Å². The number of rotatable bonds is 21. The van der Waals surface area contributed by atoms with E-state index in [1.54, 1.807) is 91.0 Å². The van der Waals surface area contributed by atoms with Crippen LogP contribution >= 0.6 is 23.4 Å². The molecule has 1 aliphatic heterocycles. The molecule has 3 aromatic rings. The van der Waals surface area contributed by atoms with Crippen LogP contribution in [0.4, 0.5) is 0 Å². The monoisotopic (exact) mass is 752 g/mol. The second-order valence-corrected chi connectivity index (χ2v) is 14.1. The highest BCUT2D eigenvalue weighted by Gasteiger charge is 2.53. The van der Waals surface area contributed by atoms with Crippen molar-refractivity contribution in [3.63, 3.8) is 0 Å². The fourth-order valence-electron chi connectivity index (χ4n) is 5.85. The molecule has 0 amide bonds. The molecule has 1 aliphatic rings. The molecule has 5 atom stereocenters. The van der Waals surface area contributed by atoms with Crippen molar-refractivity contribution in [2.45, 2.75) is 101 Å². The molecule has 0 unspecified atom stereocenters. The number of carbonyl (C=O) groups is 4. The number of benzene rings is 3. The lowest BCUT2D eigenvalue weighted by atomic mass is 9.98. The Morgan fingerprint density at radius 1 is 0.596 bits per heavy atom. The molecular weight excluding hydrogens is 704 g/mol.